The summed E-state index contributed by atoms with van der Waals surface area (Å²) in [7, 11) is 0. The lowest BCUT2D eigenvalue weighted by Crippen LogP contribution is -2.36. The van der Waals surface area contributed by atoms with Crippen molar-refractivity contribution in [1.82, 2.24) is 5.43 Å². The fourth-order valence-electron chi connectivity index (χ4n) is 0.827. The van der Waals surface area contributed by atoms with E-state index in [9.17, 15) is 4.91 Å². The van der Waals surface area contributed by atoms with Gasteiger partial charge in [0.05, 0.1) is 6.21 Å². The topological polar surface area (TPSA) is 103 Å². The molecule has 0 atom stereocenters. The fourth-order valence-corrected chi connectivity index (χ4v) is 1.09. The number of benzene rings is 1. The first-order chi connectivity index (χ1) is 7.58. The van der Waals surface area contributed by atoms with Crippen LogP contribution in [0.25, 0.3) is 0 Å². The molecule has 0 spiro atoms. The zero-order valence-corrected chi connectivity index (χ0v) is 9.63. The molecule has 0 saturated carbocycles. The Morgan fingerprint density at radius 2 is 2.12 bits per heavy atom. The standard InChI is InChI=1S/C8H9BrN5O2/c9-7-3-1-6(2-4-7)5-11-12-8(10)13-14(15)16/h1-5H,(H,15,16)(H3,10,12,13)/q+1/b11-5+. The van der Waals surface area contributed by atoms with Crippen molar-refractivity contribution in [1.29, 1.82) is 0 Å². The third-order valence-electron chi connectivity index (χ3n) is 1.45. The molecule has 0 unspecified atom stereocenters. The average Bonchev–Trinajstić information content (AvgIpc) is 2.20. The summed E-state index contributed by atoms with van der Waals surface area (Å²) in [6.07, 6.45) is 1.45. The Bertz CT molecular complexity index is 429. The van der Waals surface area contributed by atoms with Crippen molar-refractivity contribution in [3.05, 3.63) is 39.2 Å². The van der Waals surface area contributed by atoms with Gasteiger partial charge in [-0.15, -0.1) is 5.10 Å². The summed E-state index contributed by atoms with van der Waals surface area (Å²) in [6, 6.07) is 7.33. The van der Waals surface area contributed by atoms with Crippen LogP contribution in [0.2, 0.25) is 0 Å². The number of hydrogen-bond acceptors (Lipinski definition) is 3. The molecule has 0 aliphatic carbocycles. The number of nitrogens with one attached hydrogen (secondary N) is 1. The van der Waals surface area contributed by atoms with Gasteiger partial charge in [-0.1, -0.05) is 28.1 Å². The van der Waals surface area contributed by atoms with E-state index in [0.717, 1.165) is 10.0 Å². The van der Waals surface area contributed by atoms with E-state index in [1.165, 1.54) is 6.21 Å². The molecular weight excluding hydrogens is 278 g/mol. The van der Waals surface area contributed by atoms with Crippen LogP contribution in [-0.2, 0) is 0 Å². The van der Waals surface area contributed by atoms with Crippen LogP contribution in [0.4, 0.5) is 0 Å². The summed E-state index contributed by atoms with van der Waals surface area (Å²) in [5, 5.41) is 14.7. The maximum absolute atomic E-state index is 10.1. The molecule has 1 aromatic rings. The number of nitrogens with zero attached hydrogens (tertiary/aromatic N) is 3. The minimum absolute atomic E-state index is 0.314. The molecule has 0 bridgehead atoms. The molecule has 8 heteroatoms. The minimum atomic E-state index is -0.562. The quantitative estimate of drug-likeness (QED) is 0.434. The van der Waals surface area contributed by atoms with Crippen molar-refractivity contribution in [2.75, 3.05) is 0 Å². The van der Waals surface area contributed by atoms with Gasteiger partial charge in [0, 0.05) is 4.47 Å². The first-order valence-corrected chi connectivity index (χ1v) is 4.92. The second-order valence-corrected chi connectivity index (χ2v) is 3.58. The van der Waals surface area contributed by atoms with Crippen LogP contribution in [0, 0.1) is 4.91 Å². The Morgan fingerprint density at radius 1 is 1.50 bits per heavy atom. The molecule has 0 saturated heterocycles. The Morgan fingerprint density at radius 3 is 2.69 bits per heavy atom. The van der Waals surface area contributed by atoms with E-state index in [4.69, 9.17) is 10.9 Å². The average molecular weight is 287 g/mol. The fraction of sp³-hybridized carbons (Fsp3) is 0. The summed E-state index contributed by atoms with van der Waals surface area (Å²) >= 11 is 3.29. The first kappa shape index (κ1) is 12.1. The van der Waals surface area contributed by atoms with Gasteiger partial charge in [0.25, 0.3) is 5.96 Å². The maximum Gasteiger partial charge on any atom is 0.362 e. The number of nitrogens with two attached hydrogens (primary N) is 1. The third kappa shape index (κ3) is 4.51. The van der Waals surface area contributed by atoms with E-state index >= 15 is 0 Å². The summed E-state index contributed by atoms with van der Waals surface area (Å²) in [5.41, 5.74) is 7.78. The number of rotatable bonds is 3. The monoisotopic (exact) mass is 286 g/mol. The zero-order valence-electron chi connectivity index (χ0n) is 8.04. The third-order valence-corrected chi connectivity index (χ3v) is 1.98. The lowest BCUT2D eigenvalue weighted by molar-refractivity contribution is -0.822. The van der Waals surface area contributed by atoms with Crippen molar-refractivity contribution in [2.45, 2.75) is 0 Å². The number of halogens is 1. The first-order valence-electron chi connectivity index (χ1n) is 4.13. The van der Waals surface area contributed by atoms with E-state index < -0.39 is 5.03 Å². The summed E-state index contributed by atoms with van der Waals surface area (Å²) in [6.45, 7) is 0. The molecule has 84 valence electrons. The molecule has 1 aromatic carbocycles. The van der Waals surface area contributed by atoms with Crippen LogP contribution < -0.4 is 11.2 Å². The lowest BCUT2D eigenvalue weighted by Gasteiger charge is -1.91. The predicted octanol–water partition coefficient (Wildman–Crippen LogP) is 0.770. The molecule has 0 fully saturated rings. The highest BCUT2D eigenvalue weighted by atomic mass is 79.9. The lowest BCUT2D eigenvalue weighted by atomic mass is 10.2. The molecular formula is C8H9BrN5O2+. The highest BCUT2D eigenvalue weighted by molar-refractivity contribution is 9.10. The summed E-state index contributed by atoms with van der Waals surface area (Å²) in [5.74, 6) is -0.314. The highest BCUT2D eigenvalue weighted by Gasteiger charge is 2.03. The van der Waals surface area contributed by atoms with Gasteiger partial charge in [-0.05, 0) is 23.1 Å². The number of hydrazine groups is 1. The molecule has 0 radical (unpaired) electrons. The highest BCUT2D eigenvalue weighted by Crippen LogP contribution is 2.08. The van der Waals surface area contributed by atoms with Crippen molar-refractivity contribution < 1.29 is 10.2 Å². The van der Waals surface area contributed by atoms with E-state index in [0.29, 0.717) is 0 Å². The van der Waals surface area contributed by atoms with Gasteiger partial charge >= 0.3 is 5.03 Å². The number of hydrogen-bond donors (Lipinski definition) is 3. The molecule has 0 aliphatic rings. The maximum atomic E-state index is 10.1. The Labute approximate surface area is 99.3 Å². The second kappa shape index (κ2) is 5.81. The van der Waals surface area contributed by atoms with E-state index in [2.05, 4.69) is 26.1 Å². The molecule has 0 heterocycles. The molecule has 0 aliphatic heterocycles. The minimum Gasteiger partial charge on any atom is -0.364 e. The van der Waals surface area contributed by atoms with Crippen molar-refractivity contribution in [2.24, 2.45) is 15.9 Å². The number of guanidine groups is 1. The normalized spacial score (nSPS) is 11.7. The molecule has 4 N–H and O–H groups in total. The van der Waals surface area contributed by atoms with Gasteiger partial charge in [-0.25, -0.2) is 5.21 Å². The zero-order chi connectivity index (χ0) is 12.0. The van der Waals surface area contributed by atoms with Gasteiger partial charge in [0.15, 0.2) is 0 Å². The second-order valence-electron chi connectivity index (χ2n) is 2.67. The van der Waals surface area contributed by atoms with Crippen molar-refractivity contribution in [3.63, 3.8) is 0 Å². The Hall–Kier alpha value is -1.96. The van der Waals surface area contributed by atoms with Crippen LogP contribution >= 0.6 is 15.9 Å². The Kier molecular flexibility index (Phi) is 4.40. The van der Waals surface area contributed by atoms with E-state index in [-0.39, 0.29) is 5.96 Å². The summed E-state index contributed by atoms with van der Waals surface area (Å²) < 4.78 is 0.955. The largest absolute Gasteiger partial charge is 0.364 e. The van der Waals surface area contributed by atoms with E-state index in [1.54, 1.807) is 5.43 Å². The van der Waals surface area contributed by atoms with Gasteiger partial charge in [0.2, 0.25) is 0 Å². The molecule has 16 heavy (non-hydrogen) atoms. The van der Waals surface area contributed by atoms with Crippen molar-refractivity contribution >= 4 is 28.1 Å². The molecule has 1 rings (SSSR count). The predicted molar refractivity (Wildman–Crippen MR) is 61.9 cm³/mol. The SMILES string of the molecule is N/C(=N\N=C\c1ccc(Br)cc1)N[N+](=O)O. The van der Waals surface area contributed by atoms with Crippen LogP contribution in [0.1, 0.15) is 5.56 Å². The molecule has 7 nitrogen and oxygen atoms in total. The van der Waals surface area contributed by atoms with Crippen LogP contribution in [-0.4, -0.2) is 22.4 Å². The van der Waals surface area contributed by atoms with E-state index in [1.807, 2.05) is 24.3 Å². The smallest absolute Gasteiger partial charge is 0.362 e. The van der Waals surface area contributed by atoms with Gasteiger partial charge in [0.1, 0.15) is 4.91 Å². The Balaban J connectivity index is 2.60. The van der Waals surface area contributed by atoms with Gasteiger partial charge in [-0.3, -0.25) is 0 Å². The van der Waals surface area contributed by atoms with Crippen LogP contribution in [0.3, 0.4) is 0 Å². The van der Waals surface area contributed by atoms with Gasteiger partial charge in [-0.2, -0.15) is 5.10 Å². The van der Waals surface area contributed by atoms with Gasteiger partial charge < -0.3 is 5.73 Å². The molecule has 0 amide bonds. The summed E-state index contributed by atoms with van der Waals surface area (Å²) in [4.78, 5) is 10.1. The van der Waals surface area contributed by atoms with Crippen molar-refractivity contribution in [3.8, 4) is 0 Å². The van der Waals surface area contributed by atoms with Crippen LogP contribution in [0.5, 0.6) is 0 Å². The van der Waals surface area contributed by atoms with Crippen LogP contribution in [0.15, 0.2) is 38.9 Å². The molecule has 0 aromatic heterocycles.